The minimum absolute atomic E-state index is 0.0941. The zero-order valence-electron chi connectivity index (χ0n) is 11.7. The zero-order valence-corrected chi connectivity index (χ0v) is 12.5. The third-order valence-electron chi connectivity index (χ3n) is 2.82. The number of para-hydroxylation sites is 1. The van der Waals surface area contributed by atoms with E-state index in [-0.39, 0.29) is 10.8 Å². The molecule has 3 N–H and O–H groups in total. The van der Waals surface area contributed by atoms with Crippen molar-refractivity contribution in [3.05, 3.63) is 59.7 Å². The first-order valence-electron chi connectivity index (χ1n) is 6.42. The van der Waals surface area contributed by atoms with Crippen LogP contribution in [0, 0.1) is 6.92 Å². The summed E-state index contributed by atoms with van der Waals surface area (Å²) in [5.74, 6) is 0. The number of rotatable bonds is 3. The number of nitrogens with one attached hydrogen (secondary N) is 3. The molecule has 116 valence electrons. The predicted octanol–water partition coefficient (Wildman–Crippen LogP) is 4.33. The molecule has 0 unspecified atom stereocenters. The summed E-state index contributed by atoms with van der Waals surface area (Å²) >= 11 is 5.05. The highest BCUT2D eigenvalue weighted by Crippen LogP contribution is 2.34. The van der Waals surface area contributed by atoms with E-state index in [0.717, 1.165) is 17.3 Å². The number of alkyl halides is 3. The number of aryl methyl sites for hydroxylation is 1. The van der Waals surface area contributed by atoms with E-state index in [1.807, 2.05) is 31.2 Å². The molecule has 22 heavy (non-hydrogen) atoms. The third kappa shape index (κ3) is 4.36. The van der Waals surface area contributed by atoms with Crippen LogP contribution < -0.4 is 16.2 Å². The number of hydrazine groups is 1. The van der Waals surface area contributed by atoms with Crippen molar-refractivity contribution < 1.29 is 13.2 Å². The van der Waals surface area contributed by atoms with Crippen molar-refractivity contribution in [2.45, 2.75) is 13.1 Å². The van der Waals surface area contributed by atoms with Gasteiger partial charge in [0, 0.05) is 5.69 Å². The van der Waals surface area contributed by atoms with Gasteiger partial charge in [-0.25, -0.2) is 0 Å². The van der Waals surface area contributed by atoms with Gasteiger partial charge < -0.3 is 5.32 Å². The van der Waals surface area contributed by atoms with Crippen LogP contribution in [-0.4, -0.2) is 5.11 Å². The highest BCUT2D eigenvalue weighted by atomic mass is 32.1. The fourth-order valence-electron chi connectivity index (χ4n) is 1.85. The van der Waals surface area contributed by atoms with Crippen molar-refractivity contribution in [3.8, 4) is 0 Å². The maximum absolute atomic E-state index is 12.8. The number of benzene rings is 2. The first-order chi connectivity index (χ1) is 10.4. The van der Waals surface area contributed by atoms with E-state index >= 15 is 0 Å². The molecule has 0 aliphatic heterocycles. The molecule has 0 spiro atoms. The van der Waals surface area contributed by atoms with Crippen LogP contribution in [0.1, 0.15) is 11.1 Å². The molecule has 0 aliphatic carbocycles. The Morgan fingerprint density at radius 3 is 2.45 bits per heavy atom. The van der Waals surface area contributed by atoms with Crippen LogP contribution in [0.15, 0.2) is 48.5 Å². The van der Waals surface area contributed by atoms with E-state index in [0.29, 0.717) is 0 Å². The second-order valence-corrected chi connectivity index (χ2v) is 5.03. The van der Waals surface area contributed by atoms with Gasteiger partial charge in [-0.15, -0.1) is 0 Å². The maximum atomic E-state index is 12.8. The average molecular weight is 325 g/mol. The van der Waals surface area contributed by atoms with E-state index in [1.165, 1.54) is 18.2 Å². The molecular weight excluding hydrogens is 311 g/mol. The van der Waals surface area contributed by atoms with E-state index in [2.05, 4.69) is 16.2 Å². The molecule has 0 atom stereocenters. The smallest absolute Gasteiger partial charge is 0.331 e. The third-order valence-corrected chi connectivity index (χ3v) is 3.02. The highest BCUT2D eigenvalue weighted by molar-refractivity contribution is 7.80. The molecule has 0 radical (unpaired) electrons. The number of thiocarbonyl (C=S) groups is 1. The van der Waals surface area contributed by atoms with Crippen LogP contribution >= 0.6 is 12.2 Å². The molecule has 2 rings (SSSR count). The van der Waals surface area contributed by atoms with Crippen LogP contribution in [0.2, 0.25) is 0 Å². The standard InChI is InChI=1S/C15H14F3N3S/c1-10-5-4-6-11(9-10)19-14(22)21-20-13-8-3-2-7-12(13)15(16,17)18/h2-9,20H,1H3,(H2,19,21,22). The monoisotopic (exact) mass is 325 g/mol. The van der Waals surface area contributed by atoms with Crippen molar-refractivity contribution in [3.63, 3.8) is 0 Å². The SMILES string of the molecule is Cc1cccc(NC(=S)NNc2ccccc2C(F)(F)F)c1. The van der Waals surface area contributed by atoms with Gasteiger partial charge in [0.15, 0.2) is 5.11 Å². The summed E-state index contributed by atoms with van der Waals surface area (Å²) in [4.78, 5) is 0. The lowest BCUT2D eigenvalue weighted by atomic mass is 10.2. The fraction of sp³-hybridized carbons (Fsp3) is 0.133. The highest BCUT2D eigenvalue weighted by Gasteiger charge is 2.33. The van der Waals surface area contributed by atoms with Gasteiger partial charge in [0.1, 0.15) is 0 Å². The van der Waals surface area contributed by atoms with Gasteiger partial charge in [-0.2, -0.15) is 13.2 Å². The zero-order chi connectivity index (χ0) is 16.2. The second kappa shape index (κ2) is 6.65. The topological polar surface area (TPSA) is 36.1 Å². The summed E-state index contributed by atoms with van der Waals surface area (Å²) in [6, 6.07) is 12.6. The molecule has 0 aromatic heterocycles. The lowest BCUT2D eigenvalue weighted by Crippen LogP contribution is -2.34. The second-order valence-electron chi connectivity index (χ2n) is 4.62. The summed E-state index contributed by atoms with van der Waals surface area (Å²) in [5.41, 5.74) is 5.97. The number of anilines is 2. The molecule has 3 nitrogen and oxygen atoms in total. The molecule has 0 aliphatic rings. The van der Waals surface area contributed by atoms with Crippen LogP contribution in [0.5, 0.6) is 0 Å². The van der Waals surface area contributed by atoms with Crippen LogP contribution in [0.4, 0.5) is 24.5 Å². The normalized spacial score (nSPS) is 10.9. The molecule has 0 bridgehead atoms. The summed E-state index contributed by atoms with van der Waals surface area (Å²) in [5, 5.41) is 3.06. The minimum atomic E-state index is -4.43. The number of hydrogen-bond donors (Lipinski definition) is 3. The van der Waals surface area contributed by atoms with Crippen molar-refractivity contribution in [1.29, 1.82) is 0 Å². The van der Waals surface area contributed by atoms with Crippen molar-refractivity contribution in [2.75, 3.05) is 10.7 Å². The van der Waals surface area contributed by atoms with Crippen LogP contribution in [-0.2, 0) is 6.18 Å². The van der Waals surface area contributed by atoms with Gasteiger partial charge in [-0.3, -0.25) is 10.9 Å². The summed E-state index contributed by atoms with van der Waals surface area (Å²) in [6.07, 6.45) is -4.43. The maximum Gasteiger partial charge on any atom is 0.418 e. The average Bonchev–Trinajstić information content (AvgIpc) is 2.44. The van der Waals surface area contributed by atoms with Crippen LogP contribution in [0.25, 0.3) is 0 Å². The molecule has 7 heteroatoms. The van der Waals surface area contributed by atoms with E-state index < -0.39 is 11.7 Å². The molecular formula is C15H14F3N3S. The predicted molar refractivity (Wildman–Crippen MR) is 85.6 cm³/mol. The van der Waals surface area contributed by atoms with Gasteiger partial charge in [0.05, 0.1) is 11.3 Å². The van der Waals surface area contributed by atoms with Crippen LogP contribution in [0.3, 0.4) is 0 Å². The van der Waals surface area contributed by atoms with Gasteiger partial charge in [0.2, 0.25) is 0 Å². The lowest BCUT2D eigenvalue weighted by molar-refractivity contribution is -0.137. The molecule has 0 saturated carbocycles. The Labute approximate surface area is 131 Å². The van der Waals surface area contributed by atoms with Crippen molar-refractivity contribution >= 4 is 28.7 Å². The Morgan fingerprint density at radius 2 is 1.77 bits per heavy atom. The Hall–Kier alpha value is -2.28. The number of halogens is 3. The Bertz CT molecular complexity index is 671. The molecule has 0 fully saturated rings. The molecule has 2 aromatic rings. The van der Waals surface area contributed by atoms with Crippen molar-refractivity contribution in [2.24, 2.45) is 0 Å². The first-order valence-corrected chi connectivity index (χ1v) is 6.83. The van der Waals surface area contributed by atoms with E-state index in [1.54, 1.807) is 0 Å². The minimum Gasteiger partial charge on any atom is -0.331 e. The Morgan fingerprint density at radius 1 is 1.05 bits per heavy atom. The molecule has 2 aromatic carbocycles. The number of hydrogen-bond acceptors (Lipinski definition) is 2. The van der Waals surface area contributed by atoms with Gasteiger partial charge in [0.25, 0.3) is 0 Å². The Kier molecular flexibility index (Phi) is 4.87. The fourth-order valence-corrected chi connectivity index (χ4v) is 2.02. The van der Waals surface area contributed by atoms with E-state index in [9.17, 15) is 13.2 Å². The first kappa shape index (κ1) is 16.1. The molecule has 0 amide bonds. The summed E-state index contributed by atoms with van der Waals surface area (Å²) < 4.78 is 38.5. The molecule has 0 heterocycles. The van der Waals surface area contributed by atoms with Crippen molar-refractivity contribution in [1.82, 2.24) is 5.43 Å². The Balaban J connectivity index is 2.00. The summed E-state index contributed by atoms with van der Waals surface area (Å²) in [6.45, 7) is 1.93. The van der Waals surface area contributed by atoms with Gasteiger partial charge in [-0.1, -0.05) is 24.3 Å². The lowest BCUT2D eigenvalue weighted by Gasteiger charge is -2.16. The van der Waals surface area contributed by atoms with Gasteiger partial charge >= 0.3 is 6.18 Å². The van der Waals surface area contributed by atoms with Gasteiger partial charge in [-0.05, 0) is 49.0 Å². The summed E-state index contributed by atoms with van der Waals surface area (Å²) in [7, 11) is 0. The molecule has 0 saturated heterocycles. The quantitative estimate of drug-likeness (QED) is 0.580. The largest absolute Gasteiger partial charge is 0.418 e. The van der Waals surface area contributed by atoms with E-state index in [4.69, 9.17) is 12.2 Å².